The number of oxime groups is 1. The van der Waals surface area contributed by atoms with E-state index < -0.39 is 28.1 Å². The van der Waals surface area contributed by atoms with Crippen LogP contribution < -0.4 is 0 Å². The van der Waals surface area contributed by atoms with Gasteiger partial charge in [-0.1, -0.05) is 78.0 Å². The zero-order valence-electron chi connectivity index (χ0n) is 16.2. The Labute approximate surface area is 177 Å². The van der Waals surface area contributed by atoms with Crippen LogP contribution in [0.3, 0.4) is 0 Å². The van der Waals surface area contributed by atoms with Crippen molar-refractivity contribution in [2.45, 2.75) is 5.92 Å². The molecule has 0 unspecified atom stereocenters. The number of carbonyl (C=O) groups is 2. The molecule has 0 aromatic heterocycles. The van der Waals surface area contributed by atoms with E-state index >= 15 is 0 Å². The van der Waals surface area contributed by atoms with Crippen LogP contribution in [0.5, 0.6) is 0 Å². The van der Waals surface area contributed by atoms with Crippen molar-refractivity contribution in [3.05, 3.63) is 112 Å². The van der Waals surface area contributed by atoms with Crippen molar-refractivity contribution in [3.63, 3.8) is 0 Å². The van der Waals surface area contributed by atoms with Crippen LogP contribution in [0.25, 0.3) is 0 Å². The van der Waals surface area contributed by atoms with E-state index in [0.29, 0.717) is 22.4 Å². The highest BCUT2D eigenvalue weighted by Gasteiger charge is 2.78. The molecule has 1 aliphatic heterocycles. The quantitative estimate of drug-likeness (QED) is 0.271. The Morgan fingerprint density at radius 3 is 2.16 bits per heavy atom. The molecule has 0 amide bonds. The van der Waals surface area contributed by atoms with Crippen LogP contribution in [0.2, 0.25) is 0 Å². The van der Waals surface area contributed by atoms with Crippen molar-refractivity contribution in [2.75, 3.05) is 0 Å². The number of nitro benzene ring substituents is 1. The Morgan fingerprint density at radius 1 is 0.935 bits per heavy atom. The van der Waals surface area contributed by atoms with Crippen LogP contribution in [-0.4, -0.2) is 22.4 Å². The summed E-state index contributed by atoms with van der Waals surface area (Å²) in [4.78, 5) is 42.2. The minimum atomic E-state index is -1.26. The van der Waals surface area contributed by atoms with Crippen LogP contribution >= 0.6 is 0 Å². The van der Waals surface area contributed by atoms with Gasteiger partial charge in [0.05, 0.1) is 10.8 Å². The third kappa shape index (κ3) is 2.78. The second-order valence-electron chi connectivity index (χ2n) is 7.59. The smallest absolute Gasteiger partial charge is 0.317 e. The largest absolute Gasteiger partial charge is 0.348 e. The number of ketones is 1. The van der Waals surface area contributed by atoms with E-state index in [-0.39, 0.29) is 11.5 Å². The number of rotatable bonds is 5. The minimum Gasteiger partial charge on any atom is -0.317 e. The first-order valence-corrected chi connectivity index (χ1v) is 9.74. The normalized spacial score (nSPS) is 23.9. The monoisotopic (exact) mass is 412 g/mol. The molecule has 5 rings (SSSR count). The summed E-state index contributed by atoms with van der Waals surface area (Å²) in [6, 6.07) is 23.8. The highest BCUT2D eigenvalue weighted by Crippen LogP contribution is 2.69. The standard InChI is InChI=1S/C24H16N2O5/c27-21(16-7-3-1-4-8-16)20-19(15-11-13-18(14-12-15)26(29)30)24(20)22(25-31-23(24)28)17-9-5-2-6-10-17/h1-14,19-20H/t19-,20-,24-/m0/s1. The molecule has 1 saturated carbocycles. The maximum Gasteiger partial charge on any atom is 0.348 e. The Balaban J connectivity index is 1.63. The van der Waals surface area contributed by atoms with Gasteiger partial charge in [-0.15, -0.1) is 0 Å². The van der Waals surface area contributed by atoms with Crippen molar-refractivity contribution in [2.24, 2.45) is 16.5 Å². The summed E-state index contributed by atoms with van der Waals surface area (Å²) < 4.78 is 0. The van der Waals surface area contributed by atoms with Gasteiger partial charge in [0.1, 0.15) is 11.1 Å². The van der Waals surface area contributed by atoms with Gasteiger partial charge in [0, 0.05) is 29.2 Å². The molecule has 1 heterocycles. The number of hydrogen-bond donors (Lipinski definition) is 0. The highest BCUT2D eigenvalue weighted by atomic mass is 16.7. The van der Waals surface area contributed by atoms with Gasteiger partial charge < -0.3 is 4.84 Å². The lowest BCUT2D eigenvalue weighted by Gasteiger charge is -2.10. The minimum absolute atomic E-state index is 0.0599. The number of benzene rings is 3. The van der Waals surface area contributed by atoms with E-state index in [1.165, 1.54) is 12.1 Å². The maximum absolute atomic E-state index is 13.5. The molecule has 7 heteroatoms. The molecular weight excluding hydrogens is 396 g/mol. The lowest BCUT2D eigenvalue weighted by molar-refractivity contribution is -0.384. The molecule has 3 aromatic rings. The summed E-state index contributed by atoms with van der Waals surface area (Å²) >= 11 is 0. The molecular formula is C24H16N2O5. The summed E-state index contributed by atoms with van der Waals surface area (Å²) in [5, 5.41) is 15.1. The fourth-order valence-electron chi connectivity index (χ4n) is 4.56. The first-order chi connectivity index (χ1) is 15.0. The molecule has 0 saturated heterocycles. The molecule has 3 atom stereocenters. The number of carbonyl (C=O) groups excluding carboxylic acids is 2. The van der Waals surface area contributed by atoms with Crippen molar-refractivity contribution >= 4 is 23.2 Å². The average molecular weight is 412 g/mol. The van der Waals surface area contributed by atoms with Crippen LogP contribution in [0.15, 0.2) is 90.1 Å². The predicted octanol–water partition coefficient (Wildman–Crippen LogP) is 4.14. The van der Waals surface area contributed by atoms with E-state index in [0.717, 1.165) is 0 Å². The Bertz CT molecular complexity index is 1220. The van der Waals surface area contributed by atoms with Crippen LogP contribution in [-0.2, 0) is 9.63 Å². The van der Waals surface area contributed by atoms with Crippen molar-refractivity contribution in [1.82, 2.24) is 0 Å². The number of non-ortho nitro benzene ring substituents is 1. The van der Waals surface area contributed by atoms with Crippen LogP contribution in [0.1, 0.15) is 27.4 Å². The Morgan fingerprint density at radius 2 is 1.55 bits per heavy atom. The molecule has 152 valence electrons. The van der Waals surface area contributed by atoms with E-state index in [2.05, 4.69) is 5.16 Å². The Hall–Kier alpha value is -4.13. The number of nitro groups is 1. The van der Waals surface area contributed by atoms with Gasteiger partial charge in [-0.05, 0) is 5.56 Å². The van der Waals surface area contributed by atoms with E-state index in [9.17, 15) is 19.7 Å². The topological polar surface area (TPSA) is 98.9 Å². The Kier molecular flexibility index (Phi) is 4.25. The van der Waals surface area contributed by atoms with E-state index in [4.69, 9.17) is 4.84 Å². The highest BCUT2D eigenvalue weighted by molar-refractivity contribution is 6.26. The first kappa shape index (κ1) is 18.9. The molecule has 1 fully saturated rings. The average Bonchev–Trinajstić information content (AvgIpc) is 3.39. The molecule has 7 nitrogen and oxygen atoms in total. The van der Waals surface area contributed by atoms with Gasteiger partial charge in [-0.3, -0.25) is 14.9 Å². The zero-order chi connectivity index (χ0) is 21.6. The summed E-state index contributed by atoms with van der Waals surface area (Å²) in [6.45, 7) is 0. The van der Waals surface area contributed by atoms with Gasteiger partial charge in [0.15, 0.2) is 5.78 Å². The molecule has 1 spiro atoms. The van der Waals surface area contributed by atoms with E-state index in [1.54, 1.807) is 36.4 Å². The van der Waals surface area contributed by atoms with Gasteiger partial charge in [0.25, 0.3) is 5.69 Å². The fraction of sp³-hybridized carbons (Fsp3) is 0.125. The van der Waals surface area contributed by atoms with Crippen molar-refractivity contribution in [1.29, 1.82) is 0 Å². The second kappa shape index (κ2) is 6.98. The molecule has 3 aromatic carbocycles. The van der Waals surface area contributed by atoms with Gasteiger partial charge in [-0.2, -0.15) is 0 Å². The molecule has 0 bridgehead atoms. The van der Waals surface area contributed by atoms with E-state index in [1.807, 2.05) is 36.4 Å². The van der Waals surface area contributed by atoms with Crippen molar-refractivity contribution in [3.8, 4) is 0 Å². The maximum atomic E-state index is 13.5. The summed E-state index contributed by atoms with van der Waals surface area (Å²) in [5.74, 6) is -2.02. The molecule has 2 aliphatic rings. The summed E-state index contributed by atoms with van der Waals surface area (Å²) in [5.41, 5.74) is 0.935. The molecule has 0 N–H and O–H groups in total. The number of nitrogens with zero attached hydrogens (tertiary/aromatic N) is 2. The summed E-state index contributed by atoms with van der Waals surface area (Å²) in [6.07, 6.45) is 0. The predicted molar refractivity (Wildman–Crippen MR) is 112 cm³/mol. The second-order valence-corrected chi connectivity index (χ2v) is 7.59. The zero-order valence-corrected chi connectivity index (χ0v) is 16.2. The van der Waals surface area contributed by atoms with Crippen molar-refractivity contribution < 1.29 is 19.3 Å². The first-order valence-electron chi connectivity index (χ1n) is 9.74. The molecule has 1 aliphatic carbocycles. The third-order valence-corrected chi connectivity index (χ3v) is 6.01. The number of Topliss-reactive ketones (excluding diaryl/α,β-unsaturated/α-hetero) is 1. The third-order valence-electron chi connectivity index (χ3n) is 6.01. The van der Waals surface area contributed by atoms with Gasteiger partial charge >= 0.3 is 5.97 Å². The molecule has 31 heavy (non-hydrogen) atoms. The molecule has 0 radical (unpaired) electrons. The summed E-state index contributed by atoms with van der Waals surface area (Å²) in [7, 11) is 0. The SMILES string of the molecule is O=C(c1ccccc1)[C@@H]1[C@H](c2ccc([N+](=O)[O-])cc2)[C@]12C(=O)ON=C2c1ccccc1. The number of hydrogen-bond acceptors (Lipinski definition) is 6. The fourth-order valence-corrected chi connectivity index (χ4v) is 4.56. The van der Waals surface area contributed by atoms with Crippen LogP contribution in [0.4, 0.5) is 5.69 Å². The lowest BCUT2D eigenvalue weighted by atomic mass is 9.88. The van der Waals surface area contributed by atoms with Gasteiger partial charge in [0.2, 0.25) is 0 Å². The lowest BCUT2D eigenvalue weighted by Crippen LogP contribution is -2.27. The van der Waals surface area contributed by atoms with Crippen LogP contribution in [0, 0.1) is 21.4 Å². The van der Waals surface area contributed by atoms with Gasteiger partial charge in [-0.25, -0.2) is 4.79 Å².